The van der Waals surface area contributed by atoms with Gasteiger partial charge in [-0.25, -0.2) is 4.39 Å². The van der Waals surface area contributed by atoms with Crippen LogP contribution in [0.2, 0.25) is 0 Å². The van der Waals surface area contributed by atoms with E-state index in [-0.39, 0.29) is 11.9 Å². The lowest BCUT2D eigenvalue weighted by atomic mass is 10.1. The van der Waals surface area contributed by atoms with Gasteiger partial charge in [-0.3, -0.25) is 4.98 Å². The summed E-state index contributed by atoms with van der Waals surface area (Å²) < 4.78 is 13.6. The smallest absolute Gasteiger partial charge is 0.146 e. The molecule has 0 aliphatic rings. The zero-order chi connectivity index (χ0) is 11.4. The number of aromatic nitrogens is 4. The van der Waals surface area contributed by atoms with Crippen molar-refractivity contribution in [2.24, 2.45) is 0 Å². The van der Waals surface area contributed by atoms with Crippen LogP contribution >= 0.6 is 0 Å². The fourth-order valence-corrected chi connectivity index (χ4v) is 1.55. The van der Waals surface area contributed by atoms with Gasteiger partial charge >= 0.3 is 0 Å². The Morgan fingerprint density at radius 1 is 1.50 bits per heavy atom. The van der Waals surface area contributed by atoms with Crippen molar-refractivity contribution in [1.82, 2.24) is 25.7 Å². The van der Waals surface area contributed by atoms with Gasteiger partial charge in [0, 0.05) is 11.8 Å². The van der Waals surface area contributed by atoms with Crippen LogP contribution < -0.4 is 5.32 Å². The molecule has 0 bridgehead atoms. The molecule has 6 heteroatoms. The fourth-order valence-electron chi connectivity index (χ4n) is 1.55. The summed E-state index contributed by atoms with van der Waals surface area (Å²) in [6.45, 7) is 2.66. The number of nitrogens with zero attached hydrogens (tertiary/aromatic N) is 3. The molecule has 0 saturated carbocycles. The number of nitrogens with one attached hydrogen (secondary N) is 2. The van der Waals surface area contributed by atoms with E-state index in [1.165, 1.54) is 6.20 Å². The Labute approximate surface area is 92.1 Å². The van der Waals surface area contributed by atoms with Crippen molar-refractivity contribution in [3.8, 4) is 0 Å². The summed E-state index contributed by atoms with van der Waals surface area (Å²) >= 11 is 0. The van der Waals surface area contributed by atoms with E-state index >= 15 is 0 Å². The first kappa shape index (κ1) is 10.7. The molecule has 0 fully saturated rings. The molecule has 2 N–H and O–H groups in total. The van der Waals surface area contributed by atoms with E-state index in [4.69, 9.17) is 0 Å². The molecule has 0 radical (unpaired) electrons. The van der Waals surface area contributed by atoms with Crippen molar-refractivity contribution in [2.75, 3.05) is 6.54 Å². The van der Waals surface area contributed by atoms with Gasteiger partial charge in [0.2, 0.25) is 0 Å². The Bertz CT molecular complexity index is 442. The molecule has 0 amide bonds. The van der Waals surface area contributed by atoms with E-state index in [9.17, 15) is 4.39 Å². The molecule has 1 atom stereocenters. The minimum absolute atomic E-state index is 0.299. The maximum absolute atomic E-state index is 13.6. The van der Waals surface area contributed by atoms with Crippen molar-refractivity contribution in [3.05, 3.63) is 41.7 Å². The summed E-state index contributed by atoms with van der Waals surface area (Å²) in [5.41, 5.74) is 1.18. The van der Waals surface area contributed by atoms with Gasteiger partial charge in [0.15, 0.2) is 0 Å². The van der Waals surface area contributed by atoms with Gasteiger partial charge < -0.3 is 5.32 Å². The minimum Gasteiger partial charge on any atom is -0.305 e. The predicted octanol–water partition coefficient (Wildman–Crippen LogP) is 1.04. The lowest BCUT2D eigenvalue weighted by Crippen LogP contribution is -2.23. The van der Waals surface area contributed by atoms with Crippen LogP contribution in [-0.2, 0) is 0 Å². The van der Waals surface area contributed by atoms with Crippen LogP contribution in [0.15, 0.2) is 24.7 Å². The SMILES string of the molecule is CCNC(c1cn[nH]n1)c1ccncc1F. The zero-order valence-electron chi connectivity index (χ0n) is 8.81. The van der Waals surface area contributed by atoms with Gasteiger partial charge in [-0.1, -0.05) is 6.92 Å². The molecule has 16 heavy (non-hydrogen) atoms. The second-order valence-electron chi connectivity index (χ2n) is 3.28. The van der Waals surface area contributed by atoms with E-state index < -0.39 is 0 Å². The largest absolute Gasteiger partial charge is 0.305 e. The lowest BCUT2D eigenvalue weighted by molar-refractivity contribution is 0.547. The molecule has 1 unspecified atom stereocenters. The molecule has 0 spiro atoms. The number of hydrogen-bond donors (Lipinski definition) is 2. The van der Waals surface area contributed by atoms with Crippen LogP contribution in [0.25, 0.3) is 0 Å². The summed E-state index contributed by atoms with van der Waals surface area (Å²) in [6.07, 6.45) is 4.33. The molecule has 2 aromatic heterocycles. The molecule has 0 aliphatic heterocycles. The first-order valence-electron chi connectivity index (χ1n) is 5.01. The average molecular weight is 221 g/mol. The Morgan fingerprint density at radius 3 is 3.00 bits per heavy atom. The van der Waals surface area contributed by atoms with Crippen LogP contribution in [-0.4, -0.2) is 26.9 Å². The van der Waals surface area contributed by atoms with Crippen LogP contribution in [0.1, 0.15) is 24.2 Å². The third-order valence-electron chi connectivity index (χ3n) is 2.25. The maximum Gasteiger partial charge on any atom is 0.146 e. The van der Waals surface area contributed by atoms with Crippen molar-refractivity contribution in [3.63, 3.8) is 0 Å². The highest BCUT2D eigenvalue weighted by Gasteiger charge is 2.18. The van der Waals surface area contributed by atoms with Crippen LogP contribution in [0.4, 0.5) is 4.39 Å². The van der Waals surface area contributed by atoms with Gasteiger partial charge in [-0.15, -0.1) is 0 Å². The quantitative estimate of drug-likeness (QED) is 0.809. The predicted molar refractivity (Wildman–Crippen MR) is 56.1 cm³/mol. The Morgan fingerprint density at radius 2 is 2.38 bits per heavy atom. The Balaban J connectivity index is 2.37. The van der Waals surface area contributed by atoms with E-state index in [0.717, 1.165) is 0 Å². The third kappa shape index (κ3) is 2.06. The van der Waals surface area contributed by atoms with Crippen molar-refractivity contribution < 1.29 is 4.39 Å². The van der Waals surface area contributed by atoms with Gasteiger partial charge in [0.05, 0.1) is 18.4 Å². The topological polar surface area (TPSA) is 66.5 Å². The summed E-state index contributed by atoms with van der Waals surface area (Å²) in [5, 5.41) is 13.4. The highest BCUT2D eigenvalue weighted by Crippen LogP contribution is 2.21. The standard InChI is InChI=1S/C10H12FN5/c1-2-13-10(9-6-14-16-15-9)7-3-4-12-5-8(7)11/h3-6,10,13H,2H2,1H3,(H,14,15,16). The molecule has 5 nitrogen and oxygen atoms in total. The van der Waals surface area contributed by atoms with Crippen molar-refractivity contribution in [2.45, 2.75) is 13.0 Å². The normalized spacial score (nSPS) is 12.6. The van der Waals surface area contributed by atoms with Crippen molar-refractivity contribution >= 4 is 0 Å². The molecule has 2 rings (SSSR count). The number of rotatable bonds is 4. The maximum atomic E-state index is 13.6. The highest BCUT2D eigenvalue weighted by atomic mass is 19.1. The zero-order valence-corrected chi connectivity index (χ0v) is 8.81. The molecule has 0 saturated heterocycles. The summed E-state index contributed by atoms with van der Waals surface area (Å²) in [5.74, 6) is -0.351. The first-order chi connectivity index (χ1) is 7.83. The number of hydrogen-bond acceptors (Lipinski definition) is 4. The molecule has 2 aromatic rings. The lowest BCUT2D eigenvalue weighted by Gasteiger charge is -2.15. The van der Waals surface area contributed by atoms with E-state index in [1.54, 1.807) is 18.5 Å². The first-order valence-corrected chi connectivity index (χ1v) is 5.01. The van der Waals surface area contributed by atoms with E-state index in [0.29, 0.717) is 17.8 Å². The fraction of sp³-hybridized carbons (Fsp3) is 0.300. The van der Waals surface area contributed by atoms with E-state index in [1.807, 2.05) is 6.92 Å². The summed E-state index contributed by atoms with van der Waals surface area (Å²) in [7, 11) is 0. The number of pyridine rings is 1. The average Bonchev–Trinajstić information content (AvgIpc) is 2.80. The number of H-pyrrole nitrogens is 1. The number of aromatic amines is 1. The third-order valence-corrected chi connectivity index (χ3v) is 2.25. The van der Waals surface area contributed by atoms with Gasteiger partial charge in [-0.05, 0) is 12.6 Å². The van der Waals surface area contributed by atoms with Crippen molar-refractivity contribution in [1.29, 1.82) is 0 Å². The molecular formula is C10H12FN5. The minimum atomic E-state index is -0.351. The molecule has 84 valence electrons. The molecule has 2 heterocycles. The summed E-state index contributed by atoms with van der Waals surface area (Å²) in [6, 6.07) is 1.34. The van der Waals surface area contributed by atoms with Gasteiger partial charge in [0.1, 0.15) is 11.5 Å². The summed E-state index contributed by atoms with van der Waals surface area (Å²) in [4.78, 5) is 3.72. The van der Waals surface area contributed by atoms with Crippen LogP contribution in [0, 0.1) is 5.82 Å². The highest BCUT2D eigenvalue weighted by molar-refractivity contribution is 5.25. The molecule has 0 aliphatic carbocycles. The van der Waals surface area contributed by atoms with Gasteiger partial charge in [0.25, 0.3) is 0 Å². The second kappa shape index (κ2) is 4.80. The molecular weight excluding hydrogens is 209 g/mol. The van der Waals surface area contributed by atoms with E-state index in [2.05, 4.69) is 25.7 Å². The molecule has 0 aromatic carbocycles. The van der Waals surface area contributed by atoms with Crippen LogP contribution in [0.5, 0.6) is 0 Å². The van der Waals surface area contributed by atoms with Gasteiger partial charge in [-0.2, -0.15) is 15.4 Å². The Kier molecular flexibility index (Phi) is 3.21. The monoisotopic (exact) mass is 221 g/mol. The number of halogens is 1. The van der Waals surface area contributed by atoms with Crippen LogP contribution in [0.3, 0.4) is 0 Å². The Hall–Kier alpha value is -1.82. The second-order valence-corrected chi connectivity index (χ2v) is 3.28.